The SMILES string of the molecule is CCCNCCCCc1c(C)ccc2ccccc12. The summed E-state index contributed by atoms with van der Waals surface area (Å²) in [6.45, 7) is 6.74. The molecule has 1 heteroatoms. The largest absolute Gasteiger partial charge is 0.317 e. The molecule has 0 saturated heterocycles. The minimum absolute atomic E-state index is 1.15. The Morgan fingerprint density at radius 3 is 2.63 bits per heavy atom. The summed E-state index contributed by atoms with van der Waals surface area (Å²) in [4.78, 5) is 0. The van der Waals surface area contributed by atoms with E-state index in [2.05, 4.69) is 55.6 Å². The minimum atomic E-state index is 1.15. The number of hydrogen-bond acceptors (Lipinski definition) is 1. The number of rotatable bonds is 7. The first-order valence-corrected chi connectivity index (χ1v) is 7.51. The standard InChI is InChI=1S/C18H25N/c1-3-13-19-14-7-6-9-17-15(2)11-12-16-8-4-5-10-18(16)17/h4-5,8,10-12,19H,3,6-7,9,13-14H2,1-2H3. The predicted octanol–water partition coefficient (Wildman–Crippen LogP) is 4.47. The molecule has 0 amide bonds. The molecule has 0 radical (unpaired) electrons. The van der Waals surface area contributed by atoms with Crippen LogP contribution in [-0.2, 0) is 6.42 Å². The van der Waals surface area contributed by atoms with E-state index in [1.807, 2.05) is 0 Å². The molecule has 0 heterocycles. The van der Waals surface area contributed by atoms with Gasteiger partial charge in [0.1, 0.15) is 0 Å². The van der Waals surface area contributed by atoms with Crippen molar-refractivity contribution in [3.05, 3.63) is 47.5 Å². The van der Waals surface area contributed by atoms with Gasteiger partial charge in [0.25, 0.3) is 0 Å². The number of aryl methyl sites for hydroxylation is 2. The molecule has 0 aromatic heterocycles. The Morgan fingerprint density at radius 2 is 1.79 bits per heavy atom. The number of hydrogen-bond donors (Lipinski definition) is 1. The maximum Gasteiger partial charge on any atom is -0.00488 e. The van der Waals surface area contributed by atoms with E-state index in [4.69, 9.17) is 0 Å². The van der Waals surface area contributed by atoms with Crippen LogP contribution in [-0.4, -0.2) is 13.1 Å². The molecule has 0 unspecified atom stereocenters. The summed E-state index contributed by atoms with van der Waals surface area (Å²) in [5.41, 5.74) is 2.97. The molecule has 2 rings (SSSR count). The van der Waals surface area contributed by atoms with Crippen LogP contribution in [0.2, 0.25) is 0 Å². The average Bonchev–Trinajstić information content (AvgIpc) is 2.44. The maximum atomic E-state index is 3.47. The third-order valence-corrected chi connectivity index (χ3v) is 3.73. The number of benzene rings is 2. The van der Waals surface area contributed by atoms with Gasteiger partial charge >= 0.3 is 0 Å². The van der Waals surface area contributed by atoms with Gasteiger partial charge in [-0.05, 0) is 67.6 Å². The van der Waals surface area contributed by atoms with Crippen molar-refractivity contribution in [1.29, 1.82) is 0 Å². The second-order valence-electron chi connectivity index (χ2n) is 5.29. The van der Waals surface area contributed by atoms with Gasteiger partial charge in [-0.25, -0.2) is 0 Å². The number of unbranched alkanes of at least 4 members (excludes halogenated alkanes) is 1. The zero-order valence-electron chi connectivity index (χ0n) is 12.2. The van der Waals surface area contributed by atoms with E-state index in [9.17, 15) is 0 Å². The highest BCUT2D eigenvalue weighted by molar-refractivity contribution is 5.86. The lowest BCUT2D eigenvalue weighted by molar-refractivity contribution is 0.617. The highest BCUT2D eigenvalue weighted by Gasteiger charge is 2.04. The van der Waals surface area contributed by atoms with Gasteiger partial charge in [-0.2, -0.15) is 0 Å². The summed E-state index contributed by atoms with van der Waals surface area (Å²) in [5.74, 6) is 0. The average molecular weight is 255 g/mol. The Kier molecular flexibility index (Phi) is 5.41. The van der Waals surface area contributed by atoms with Gasteiger partial charge < -0.3 is 5.32 Å². The Bertz CT molecular complexity index is 516. The lowest BCUT2D eigenvalue weighted by atomic mass is 9.96. The van der Waals surface area contributed by atoms with Crippen molar-refractivity contribution in [1.82, 2.24) is 5.32 Å². The summed E-state index contributed by atoms with van der Waals surface area (Å²) in [5, 5.41) is 6.28. The van der Waals surface area contributed by atoms with E-state index < -0.39 is 0 Å². The second-order valence-corrected chi connectivity index (χ2v) is 5.29. The van der Waals surface area contributed by atoms with E-state index in [1.165, 1.54) is 47.6 Å². The fourth-order valence-corrected chi connectivity index (χ4v) is 2.63. The van der Waals surface area contributed by atoms with Gasteiger partial charge in [-0.15, -0.1) is 0 Å². The lowest BCUT2D eigenvalue weighted by Gasteiger charge is -2.10. The van der Waals surface area contributed by atoms with E-state index in [0.717, 1.165) is 13.1 Å². The molecule has 0 aliphatic heterocycles. The Balaban J connectivity index is 1.98. The van der Waals surface area contributed by atoms with Crippen LogP contribution in [0.1, 0.15) is 37.3 Å². The van der Waals surface area contributed by atoms with Crippen LogP contribution in [0.15, 0.2) is 36.4 Å². The van der Waals surface area contributed by atoms with Crippen LogP contribution in [0.5, 0.6) is 0 Å². The molecule has 1 N–H and O–H groups in total. The van der Waals surface area contributed by atoms with Crippen molar-refractivity contribution in [2.75, 3.05) is 13.1 Å². The van der Waals surface area contributed by atoms with Crippen LogP contribution in [0.3, 0.4) is 0 Å². The summed E-state index contributed by atoms with van der Waals surface area (Å²) >= 11 is 0. The molecule has 1 nitrogen and oxygen atoms in total. The smallest absolute Gasteiger partial charge is 0.00488 e. The molecule has 19 heavy (non-hydrogen) atoms. The number of fused-ring (bicyclic) bond motifs is 1. The Hall–Kier alpha value is -1.34. The topological polar surface area (TPSA) is 12.0 Å². The molecule has 0 spiro atoms. The van der Waals surface area contributed by atoms with Gasteiger partial charge in [0, 0.05) is 0 Å². The molecule has 0 saturated carbocycles. The number of nitrogens with one attached hydrogen (secondary N) is 1. The monoisotopic (exact) mass is 255 g/mol. The van der Waals surface area contributed by atoms with Crippen molar-refractivity contribution in [3.8, 4) is 0 Å². The fourth-order valence-electron chi connectivity index (χ4n) is 2.63. The van der Waals surface area contributed by atoms with E-state index >= 15 is 0 Å². The van der Waals surface area contributed by atoms with Crippen molar-refractivity contribution in [2.45, 2.75) is 39.5 Å². The van der Waals surface area contributed by atoms with Crippen molar-refractivity contribution in [3.63, 3.8) is 0 Å². The minimum Gasteiger partial charge on any atom is -0.317 e. The van der Waals surface area contributed by atoms with E-state index in [1.54, 1.807) is 0 Å². The van der Waals surface area contributed by atoms with Crippen LogP contribution < -0.4 is 5.32 Å². The molecule has 2 aromatic rings. The van der Waals surface area contributed by atoms with E-state index in [0.29, 0.717) is 0 Å². The normalized spacial score (nSPS) is 11.1. The third kappa shape index (κ3) is 3.81. The second kappa shape index (κ2) is 7.30. The zero-order chi connectivity index (χ0) is 13.5. The molecule has 102 valence electrons. The fraction of sp³-hybridized carbons (Fsp3) is 0.444. The van der Waals surface area contributed by atoms with Gasteiger partial charge in [0.15, 0.2) is 0 Å². The summed E-state index contributed by atoms with van der Waals surface area (Å²) in [6, 6.07) is 13.2. The van der Waals surface area contributed by atoms with E-state index in [-0.39, 0.29) is 0 Å². The maximum absolute atomic E-state index is 3.47. The van der Waals surface area contributed by atoms with Crippen LogP contribution >= 0.6 is 0 Å². The molecule has 0 bridgehead atoms. The summed E-state index contributed by atoms with van der Waals surface area (Å²) in [6.07, 6.45) is 4.96. The first-order valence-electron chi connectivity index (χ1n) is 7.51. The van der Waals surface area contributed by atoms with Crippen LogP contribution in [0.4, 0.5) is 0 Å². The molecular formula is C18H25N. The molecule has 0 aliphatic carbocycles. The first kappa shape index (κ1) is 14.1. The van der Waals surface area contributed by atoms with Gasteiger partial charge in [0.2, 0.25) is 0 Å². The molecule has 0 atom stereocenters. The molecule has 0 fully saturated rings. The zero-order valence-corrected chi connectivity index (χ0v) is 12.2. The Morgan fingerprint density at radius 1 is 0.947 bits per heavy atom. The van der Waals surface area contributed by atoms with Crippen molar-refractivity contribution >= 4 is 10.8 Å². The van der Waals surface area contributed by atoms with Crippen molar-refractivity contribution in [2.24, 2.45) is 0 Å². The highest BCUT2D eigenvalue weighted by Crippen LogP contribution is 2.23. The quantitative estimate of drug-likeness (QED) is 0.720. The van der Waals surface area contributed by atoms with Gasteiger partial charge in [0.05, 0.1) is 0 Å². The highest BCUT2D eigenvalue weighted by atomic mass is 14.8. The summed E-state index contributed by atoms with van der Waals surface area (Å²) < 4.78 is 0. The van der Waals surface area contributed by atoms with Crippen LogP contribution in [0, 0.1) is 6.92 Å². The van der Waals surface area contributed by atoms with Crippen molar-refractivity contribution < 1.29 is 0 Å². The lowest BCUT2D eigenvalue weighted by Crippen LogP contribution is -2.15. The molecule has 2 aromatic carbocycles. The molecule has 0 aliphatic rings. The van der Waals surface area contributed by atoms with Crippen LogP contribution in [0.25, 0.3) is 10.8 Å². The first-order chi connectivity index (χ1) is 9.33. The third-order valence-electron chi connectivity index (χ3n) is 3.73. The summed E-state index contributed by atoms with van der Waals surface area (Å²) in [7, 11) is 0. The van der Waals surface area contributed by atoms with Gasteiger partial charge in [-0.1, -0.05) is 43.3 Å². The predicted molar refractivity (Wildman–Crippen MR) is 84.8 cm³/mol. The van der Waals surface area contributed by atoms with Gasteiger partial charge in [-0.3, -0.25) is 0 Å². The Labute approximate surface area is 117 Å². The molecular weight excluding hydrogens is 230 g/mol.